The third-order valence-electron chi connectivity index (χ3n) is 4.36. The normalized spacial score (nSPS) is 16.7. The minimum Gasteiger partial charge on any atom is -0.351 e. The first-order valence-corrected chi connectivity index (χ1v) is 7.94. The van der Waals surface area contributed by atoms with Crippen LogP contribution in [0.2, 0.25) is 0 Å². The summed E-state index contributed by atoms with van der Waals surface area (Å²) >= 11 is 0. The van der Waals surface area contributed by atoms with Crippen molar-refractivity contribution in [2.75, 3.05) is 0 Å². The van der Waals surface area contributed by atoms with Crippen LogP contribution in [-0.4, -0.2) is 21.5 Å². The lowest BCUT2D eigenvalue weighted by atomic mass is 9.88. The van der Waals surface area contributed by atoms with E-state index in [1.807, 2.05) is 19.1 Å². The van der Waals surface area contributed by atoms with Gasteiger partial charge >= 0.3 is 5.69 Å². The number of fused-ring (bicyclic) bond motifs is 1. The number of benzene rings is 1. The van der Waals surface area contributed by atoms with Crippen molar-refractivity contribution >= 4 is 5.91 Å². The van der Waals surface area contributed by atoms with Gasteiger partial charge in [-0.25, -0.2) is 4.79 Å². The predicted octanol–water partition coefficient (Wildman–Crippen LogP) is 1.53. The number of aryl methyl sites for hydroxylation is 3. The van der Waals surface area contributed by atoms with E-state index in [4.69, 9.17) is 0 Å². The molecule has 5 nitrogen and oxygen atoms in total. The average Bonchev–Trinajstić information content (AvgIpc) is 2.51. The van der Waals surface area contributed by atoms with E-state index in [-0.39, 0.29) is 24.2 Å². The zero-order valence-electron chi connectivity index (χ0n) is 13.5. The summed E-state index contributed by atoms with van der Waals surface area (Å²) in [6.45, 7) is 3.62. The molecule has 1 N–H and O–H groups in total. The van der Waals surface area contributed by atoms with Gasteiger partial charge in [-0.05, 0) is 50.3 Å². The highest BCUT2D eigenvalue weighted by molar-refractivity contribution is 5.76. The SMILES string of the molecule is Cc1cc(C)n(CC(=O)N[C@H]2CCc3ccccc3C2)c(=O)n1. The van der Waals surface area contributed by atoms with Gasteiger partial charge in [-0.15, -0.1) is 0 Å². The van der Waals surface area contributed by atoms with Crippen molar-refractivity contribution in [2.24, 2.45) is 0 Å². The van der Waals surface area contributed by atoms with Gasteiger partial charge < -0.3 is 5.32 Å². The second-order valence-electron chi connectivity index (χ2n) is 6.18. The topological polar surface area (TPSA) is 64.0 Å². The molecule has 5 heteroatoms. The Balaban J connectivity index is 1.66. The maximum Gasteiger partial charge on any atom is 0.348 e. The minimum atomic E-state index is -0.369. The molecular weight excluding hydrogens is 290 g/mol. The van der Waals surface area contributed by atoms with Gasteiger partial charge in [-0.1, -0.05) is 24.3 Å². The van der Waals surface area contributed by atoms with Crippen LogP contribution in [0.4, 0.5) is 0 Å². The second-order valence-corrected chi connectivity index (χ2v) is 6.18. The Bertz CT molecular complexity index is 795. The monoisotopic (exact) mass is 311 g/mol. The van der Waals surface area contributed by atoms with Crippen LogP contribution in [0.5, 0.6) is 0 Å². The average molecular weight is 311 g/mol. The summed E-state index contributed by atoms with van der Waals surface area (Å²) in [7, 11) is 0. The van der Waals surface area contributed by atoms with Gasteiger partial charge in [0, 0.05) is 17.4 Å². The first kappa shape index (κ1) is 15.5. The summed E-state index contributed by atoms with van der Waals surface area (Å²) in [5.74, 6) is -0.134. The van der Waals surface area contributed by atoms with E-state index in [9.17, 15) is 9.59 Å². The van der Waals surface area contributed by atoms with E-state index in [1.165, 1.54) is 15.7 Å². The fraction of sp³-hybridized carbons (Fsp3) is 0.389. The molecule has 1 aliphatic rings. The molecule has 1 heterocycles. The molecule has 0 aliphatic heterocycles. The van der Waals surface area contributed by atoms with E-state index in [0.717, 1.165) is 25.0 Å². The molecule has 1 aliphatic carbocycles. The number of hydrogen-bond acceptors (Lipinski definition) is 3. The van der Waals surface area contributed by atoms with Crippen molar-refractivity contribution in [1.82, 2.24) is 14.9 Å². The maximum absolute atomic E-state index is 12.3. The highest BCUT2D eigenvalue weighted by Crippen LogP contribution is 2.20. The molecule has 0 unspecified atom stereocenters. The Morgan fingerprint density at radius 1 is 1.30 bits per heavy atom. The van der Waals surface area contributed by atoms with Gasteiger partial charge in [-0.2, -0.15) is 4.98 Å². The van der Waals surface area contributed by atoms with Gasteiger partial charge in [0.15, 0.2) is 0 Å². The molecule has 0 saturated heterocycles. The lowest BCUT2D eigenvalue weighted by molar-refractivity contribution is -0.122. The fourth-order valence-corrected chi connectivity index (χ4v) is 3.20. The van der Waals surface area contributed by atoms with Crippen molar-refractivity contribution < 1.29 is 4.79 Å². The van der Waals surface area contributed by atoms with Crippen LogP contribution >= 0.6 is 0 Å². The van der Waals surface area contributed by atoms with Crippen molar-refractivity contribution in [1.29, 1.82) is 0 Å². The molecule has 1 atom stereocenters. The summed E-state index contributed by atoms with van der Waals surface area (Å²) in [4.78, 5) is 28.1. The second kappa shape index (κ2) is 6.36. The molecule has 3 rings (SSSR count). The number of carbonyl (C=O) groups excluding carboxylic acids is 1. The van der Waals surface area contributed by atoms with E-state index in [2.05, 4.69) is 28.5 Å². The Morgan fingerprint density at radius 2 is 2.04 bits per heavy atom. The predicted molar refractivity (Wildman–Crippen MR) is 88.4 cm³/mol. The molecule has 0 fully saturated rings. The molecule has 23 heavy (non-hydrogen) atoms. The van der Waals surface area contributed by atoms with E-state index in [1.54, 1.807) is 6.92 Å². The molecule has 1 aromatic heterocycles. The van der Waals surface area contributed by atoms with Crippen LogP contribution in [0.15, 0.2) is 35.1 Å². The molecule has 1 aromatic carbocycles. The van der Waals surface area contributed by atoms with Crippen LogP contribution in [0, 0.1) is 13.8 Å². The smallest absolute Gasteiger partial charge is 0.348 e. The van der Waals surface area contributed by atoms with Gasteiger partial charge in [0.2, 0.25) is 5.91 Å². The minimum absolute atomic E-state index is 0.0239. The molecule has 0 bridgehead atoms. The zero-order valence-corrected chi connectivity index (χ0v) is 13.5. The third kappa shape index (κ3) is 3.50. The quantitative estimate of drug-likeness (QED) is 0.935. The van der Waals surface area contributed by atoms with Gasteiger partial charge in [-0.3, -0.25) is 9.36 Å². The molecule has 2 aromatic rings. The number of nitrogens with one attached hydrogen (secondary N) is 1. The molecule has 1 amide bonds. The Hall–Kier alpha value is -2.43. The van der Waals surface area contributed by atoms with Crippen molar-refractivity contribution in [3.8, 4) is 0 Å². The first-order valence-electron chi connectivity index (χ1n) is 7.94. The summed E-state index contributed by atoms with van der Waals surface area (Å²) < 4.78 is 1.42. The Labute approximate surface area is 135 Å². The summed E-state index contributed by atoms with van der Waals surface area (Å²) in [6, 6.07) is 10.3. The summed E-state index contributed by atoms with van der Waals surface area (Å²) in [5.41, 5.74) is 3.73. The van der Waals surface area contributed by atoms with Crippen molar-refractivity contribution in [3.63, 3.8) is 0 Å². The third-order valence-corrected chi connectivity index (χ3v) is 4.36. The highest BCUT2D eigenvalue weighted by Gasteiger charge is 2.20. The number of hydrogen-bond donors (Lipinski definition) is 1. The molecule has 0 spiro atoms. The lowest BCUT2D eigenvalue weighted by Crippen LogP contribution is -2.42. The van der Waals surface area contributed by atoms with Gasteiger partial charge in [0.05, 0.1) is 0 Å². The zero-order chi connectivity index (χ0) is 16.4. The lowest BCUT2D eigenvalue weighted by Gasteiger charge is -2.25. The standard InChI is InChI=1S/C18H21N3O2/c1-12-9-13(2)21(18(23)19-12)11-17(22)20-16-8-7-14-5-3-4-6-15(14)10-16/h3-6,9,16H,7-8,10-11H2,1-2H3,(H,20,22)/t16-/m0/s1. The van der Waals surface area contributed by atoms with Crippen LogP contribution < -0.4 is 11.0 Å². The highest BCUT2D eigenvalue weighted by atomic mass is 16.2. The largest absolute Gasteiger partial charge is 0.351 e. The number of amides is 1. The van der Waals surface area contributed by atoms with Crippen LogP contribution in [0.25, 0.3) is 0 Å². The van der Waals surface area contributed by atoms with Crippen molar-refractivity contribution in [2.45, 2.75) is 45.7 Å². The van der Waals surface area contributed by atoms with Crippen LogP contribution in [0.3, 0.4) is 0 Å². The maximum atomic E-state index is 12.3. The van der Waals surface area contributed by atoms with Gasteiger partial charge in [0.1, 0.15) is 6.54 Å². The summed E-state index contributed by atoms with van der Waals surface area (Å²) in [5, 5.41) is 3.05. The molecule has 0 radical (unpaired) electrons. The fourth-order valence-electron chi connectivity index (χ4n) is 3.20. The Kier molecular flexibility index (Phi) is 4.28. The molecular formula is C18H21N3O2. The first-order chi connectivity index (χ1) is 11.0. The molecule has 120 valence electrons. The number of carbonyl (C=O) groups is 1. The number of nitrogens with zero attached hydrogens (tertiary/aromatic N) is 2. The van der Waals surface area contributed by atoms with E-state index < -0.39 is 0 Å². The van der Waals surface area contributed by atoms with Crippen LogP contribution in [0.1, 0.15) is 28.9 Å². The van der Waals surface area contributed by atoms with Crippen LogP contribution in [-0.2, 0) is 24.2 Å². The van der Waals surface area contributed by atoms with E-state index >= 15 is 0 Å². The van der Waals surface area contributed by atoms with Crippen molar-refractivity contribution in [3.05, 3.63) is 63.3 Å². The van der Waals surface area contributed by atoms with E-state index in [0.29, 0.717) is 5.69 Å². The molecule has 0 saturated carbocycles. The Morgan fingerprint density at radius 3 is 2.78 bits per heavy atom. The number of rotatable bonds is 3. The van der Waals surface area contributed by atoms with Gasteiger partial charge in [0.25, 0.3) is 0 Å². The number of aromatic nitrogens is 2. The summed E-state index contributed by atoms with van der Waals surface area (Å²) in [6.07, 6.45) is 2.76.